The number of carbonyl (C=O) groups excluding carboxylic acids is 1. The van der Waals surface area contributed by atoms with Crippen molar-refractivity contribution in [2.45, 2.75) is 57.7 Å². The number of aromatic nitrogens is 3. The van der Waals surface area contributed by atoms with E-state index in [0.29, 0.717) is 13.0 Å². The molecule has 1 aromatic heterocycles. The second kappa shape index (κ2) is 6.63. The smallest absolute Gasteiger partial charge is 0.261 e. The molecule has 0 radical (unpaired) electrons. The third kappa shape index (κ3) is 3.00. The van der Waals surface area contributed by atoms with Gasteiger partial charge >= 0.3 is 0 Å². The number of carbonyl (C=O) groups is 1. The summed E-state index contributed by atoms with van der Waals surface area (Å²) in [6.45, 7) is 1.36. The molecule has 0 saturated carbocycles. The van der Waals surface area contributed by atoms with Crippen LogP contribution < -0.4 is 10.1 Å². The van der Waals surface area contributed by atoms with Crippen LogP contribution in [0, 0.1) is 0 Å². The van der Waals surface area contributed by atoms with E-state index in [1.54, 1.807) is 0 Å². The van der Waals surface area contributed by atoms with Gasteiger partial charge in [-0.05, 0) is 37.3 Å². The number of nitrogens with one attached hydrogen (secondary N) is 1. The summed E-state index contributed by atoms with van der Waals surface area (Å²) in [7, 11) is 0. The highest BCUT2D eigenvalue weighted by Gasteiger charge is 2.26. The fraction of sp³-hybridized carbons (Fsp3) is 0.500. The fourth-order valence-corrected chi connectivity index (χ4v) is 3.46. The lowest BCUT2D eigenvalue weighted by Gasteiger charge is -2.25. The molecule has 3 heterocycles. The van der Waals surface area contributed by atoms with Gasteiger partial charge in [0.05, 0.1) is 6.54 Å². The monoisotopic (exact) mass is 326 g/mol. The first-order chi connectivity index (χ1) is 11.8. The van der Waals surface area contributed by atoms with Gasteiger partial charge in [-0.1, -0.05) is 24.6 Å². The number of aryl methyl sites for hydroxylation is 2. The summed E-state index contributed by atoms with van der Waals surface area (Å²) in [5.41, 5.74) is 1.17. The van der Waals surface area contributed by atoms with Crippen LogP contribution >= 0.6 is 0 Å². The third-order valence-electron chi connectivity index (χ3n) is 4.82. The number of ether oxygens (including phenoxy) is 1. The number of para-hydroxylation sites is 1. The second-order valence-corrected chi connectivity index (χ2v) is 6.47. The molecular weight excluding hydrogens is 304 g/mol. The number of fused-ring (bicyclic) bond motifs is 2. The van der Waals surface area contributed by atoms with E-state index in [1.807, 2.05) is 18.2 Å². The van der Waals surface area contributed by atoms with Crippen molar-refractivity contribution in [3.05, 3.63) is 41.5 Å². The van der Waals surface area contributed by atoms with Crippen LogP contribution in [0.1, 0.15) is 42.9 Å². The molecule has 2 aliphatic rings. The Morgan fingerprint density at radius 1 is 1.21 bits per heavy atom. The molecule has 1 aromatic carbocycles. The first-order valence-corrected chi connectivity index (χ1v) is 8.74. The molecule has 0 aliphatic carbocycles. The highest BCUT2D eigenvalue weighted by atomic mass is 16.5. The zero-order chi connectivity index (χ0) is 16.4. The van der Waals surface area contributed by atoms with Crippen molar-refractivity contribution in [2.75, 3.05) is 0 Å². The summed E-state index contributed by atoms with van der Waals surface area (Å²) in [5, 5.41) is 11.5. The van der Waals surface area contributed by atoms with Crippen LogP contribution in [0.2, 0.25) is 0 Å². The largest absolute Gasteiger partial charge is 0.480 e. The van der Waals surface area contributed by atoms with Gasteiger partial charge in [0.1, 0.15) is 11.6 Å². The maximum atomic E-state index is 12.4. The minimum absolute atomic E-state index is 0.0736. The van der Waals surface area contributed by atoms with E-state index in [4.69, 9.17) is 4.74 Å². The lowest BCUT2D eigenvalue weighted by atomic mass is 10.0. The first-order valence-electron chi connectivity index (χ1n) is 8.74. The van der Waals surface area contributed by atoms with Gasteiger partial charge in [-0.25, -0.2) is 0 Å². The van der Waals surface area contributed by atoms with E-state index in [2.05, 4.69) is 26.1 Å². The summed E-state index contributed by atoms with van der Waals surface area (Å²) in [5.74, 6) is 2.63. The lowest BCUT2D eigenvalue weighted by molar-refractivity contribution is -0.128. The number of amides is 1. The van der Waals surface area contributed by atoms with Gasteiger partial charge in [0, 0.05) is 13.0 Å². The number of hydrogen-bond acceptors (Lipinski definition) is 4. The molecule has 0 fully saturated rings. The zero-order valence-corrected chi connectivity index (χ0v) is 13.7. The lowest BCUT2D eigenvalue weighted by Crippen LogP contribution is -2.40. The molecule has 4 rings (SSSR count). The van der Waals surface area contributed by atoms with Crippen LogP contribution in [0.3, 0.4) is 0 Å². The topological polar surface area (TPSA) is 69.0 Å². The number of benzene rings is 1. The van der Waals surface area contributed by atoms with Crippen molar-refractivity contribution in [1.82, 2.24) is 20.1 Å². The number of nitrogens with zero attached hydrogens (tertiary/aromatic N) is 3. The molecule has 1 N–H and O–H groups in total. The molecule has 126 valence electrons. The van der Waals surface area contributed by atoms with E-state index in [-0.39, 0.29) is 5.91 Å². The summed E-state index contributed by atoms with van der Waals surface area (Å²) in [6, 6.07) is 7.91. The SMILES string of the molecule is O=C(NCc1nnc2n1CCCCC2)[C@@H]1CCc2ccccc2O1. The molecular formula is C18H22N4O2. The van der Waals surface area contributed by atoms with E-state index in [1.165, 1.54) is 18.4 Å². The molecule has 1 atom stereocenters. The molecule has 6 heteroatoms. The minimum atomic E-state index is -0.425. The first kappa shape index (κ1) is 15.2. The van der Waals surface area contributed by atoms with E-state index < -0.39 is 6.10 Å². The molecule has 2 aromatic rings. The number of rotatable bonds is 3. The van der Waals surface area contributed by atoms with Gasteiger partial charge < -0.3 is 14.6 Å². The Balaban J connectivity index is 1.38. The predicted molar refractivity (Wildman–Crippen MR) is 88.6 cm³/mol. The standard InChI is InChI=1S/C18H22N4O2/c23-18(15-10-9-13-6-3-4-7-14(13)24-15)19-12-17-21-20-16-8-2-1-5-11-22(16)17/h3-4,6-7,15H,1-2,5,8-12H2,(H,19,23)/t15-/m0/s1. The van der Waals surface area contributed by atoms with Crippen molar-refractivity contribution < 1.29 is 9.53 Å². The average Bonchev–Trinajstić information content (AvgIpc) is 2.85. The van der Waals surface area contributed by atoms with Crippen molar-refractivity contribution >= 4 is 5.91 Å². The van der Waals surface area contributed by atoms with E-state index >= 15 is 0 Å². The molecule has 6 nitrogen and oxygen atoms in total. The second-order valence-electron chi connectivity index (χ2n) is 6.47. The summed E-state index contributed by atoms with van der Waals surface area (Å²) < 4.78 is 8.00. The highest BCUT2D eigenvalue weighted by molar-refractivity contribution is 5.81. The Morgan fingerprint density at radius 3 is 3.08 bits per heavy atom. The van der Waals surface area contributed by atoms with Crippen LogP contribution in [0.15, 0.2) is 24.3 Å². The van der Waals surface area contributed by atoms with Gasteiger partial charge in [0.15, 0.2) is 11.9 Å². The van der Waals surface area contributed by atoms with Gasteiger partial charge in [-0.15, -0.1) is 10.2 Å². The van der Waals surface area contributed by atoms with Crippen molar-refractivity contribution in [1.29, 1.82) is 0 Å². The van der Waals surface area contributed by atoms with Crippen LogP contribution in [0.5, 0.6) is 5.75 Å². The van der Waals surface area contributed by atoms with E-state index in [0.717, 1.165) is 43.2 Å². The quantitative estimate of drug-likeness (QED) is 0.937. The summed E-state index contributed by atoms with van der Waals surface area (Å²) in [6.07, 6.45) is 5.67. The predicted octanol–water partition coefficient (Wildman–Crippen LogP) is 2.01. The molecule has 0 bridgehead atoms. The molecule has 24 heavy (non-hydrogen) atoms. The van der Waals surface area contributed by atoms with Crippen LogP contribution in [0.25, 0.3) is 0 Å². The van der Waals surface area contributed by atoms with E-state index in [9.17, 15) is 4.79 Å². The highest BCUT2D eigenvalue weighted by Crippen LogP contribution is 2.27. The fourth-order valence-electron chi connectivity index (χ4n) is 3.46. The Hall–Kier alpha value is -2.37. The Kier molecular flexibility index (Phi) is 4.19. The van der Waals surface area contributed by atoms with Gasteiger partial charge in [-0.3, -0.25) is 4.79 Å². The Labute approximate surface area is 141 Å². The van der Waals surface area contributed by atoms with Crippen LogP contribution in [-0.4, -0.2) is 26.8 Å². The van der Waals surface area contributed by atoms with Crippen molar-refractivity contribution in [3.63, 3.8) is 0 Å². The molecule has 2 aliphatic heterocycles. The van der Waals surface area contributed by atoms with Gasteiger partial charge in [0.2, 0.25) is 0 Å². The minimum Gasteiger partial charge on any atom is -0.480 e. The molecule has 0 spiro atoms. The normalized spacial score (nSPS) is 19.6. The maximum absolute atomic E-state index is 12.4. The van der Waals surface area contributed by atoms with Gasteiger partial charge in [0.25, 0.3) is 5.91 Å². The molecule has 0 unspecified atom stereocenters. The Morgan fingerprint density at radius 2 is 2.12 bits per heavy atom. The molecule has 1 amide bonds. The zero-order valence-electron chi connectivity index (χ0n) is 13.7. The third-order valence-corrected chi connectivity index (χ3v) is 4.82. The van der Waals surface area contributed by atoms with Gasteiger partial charge in [-0.2, -0.15) is 0 Å². The molecule has 0 saturated heterocycles. The van der Waals surface area contributed by atoms with Crippen LogP contribution in [0.4, 0.5) is 0 Å². The Bertz CT molecular complexity index is 740. The van der Waals surface area contributed by atoms with Crippen LogP contribution in [-0.2, 0) is 30.7 Å². The maximum Gasteiger partial charge on any atom is 0.261 e. The summed E-state index contributed by atoms with van der Waals surface area (Å²) >= 11 is 0. The summed E-state index contributed by atoms with van der Waals surface area (Å²) in [4.78, 5) is 12.4. The number of hydrogen-bond donors (Lipinski definition) is 1. The van der Waals surface area contributed by atoms with Crippen molar-refractivity contribution in [2.24, 2.45) is 0 Å². The average molecular weight is 326 g/mol. The van der Waals surface area contributed by atoms with Crippen molar-refractivity contribution in [3.8, 4) is 5.75 Å².